The van der Waals surface area contributed by atoms with Crippen LogP contribution >= 0.6 is 0 Å². The molecule has 0 unspecified atom stereocenters. The molecule has 0 aliphatic heterocycles. The molecule has 224 valence electrons. The molecule has 0 spiro atoms. The van der Waals surface area contributed by atoms with Gasteiger partial charge in [0.1, 0.15) is 0 Å². The van der Waals surface area contributed by atoms with E-state index < -0.39 is 0 Å². The highest BCUT2D eigenvalue weighted by Crippen LogP contribution is 2.46. The Morgan fingerprint density at radius 2 is 0.729 bits per heavy atom. The lowest BCUT2D eigenvalue weighted by Crippen LogP contribution is -1.92. The van der Waals surface area contributed by atoms with Crippen LogP contribution in [-0.2, 0) is 0 Å². The first-order valence-corrected chi connectivity index (χ1v) is 16.5. The van der Waals surface area contributed by atoms with E-state index in [4.69, 9.17) is 0 Å². The molecule has 0 aliphatic rings. The van der Waals surface area contributed by atoms with Crippen LogP contribution in [0.25, 0.3) is 88.1 Å². The molecule has 0 fully saturated rings. The number of hydrogen-bond acceptors (Lipinski definition) is 1. The summed E-state index contributed by atoms with van der Waals surface area (Å²) >= 11 is 0. The number of pyridine rings is 1. The molecule has 0 amide bonds. The molecule has 8 aromatic carbocycles. The minimum absolute atomic E-state index is 0.981. The number of nitrogens with zero attached hydrogens (tertiary/aromatic N) is 1. The maximum Gasteiger partial charge on any atom is 0.0708 e. The summed E-state index contributed by atoms with van der Waals surface area (Å²) in [5.74, 6) is 0. The Bertz CT molecular complexity index is 2530. The number of hydrogen-bond donors (Lipinski definition) is 0. The molecule has 9 aromatic rings. The Hall–Kier alpha value is -6.31. The minimum atomic E-state index is 0.981. The first kappa shape index (κ1) is 28.0. The zero-order valence-electron chi connectivity index (χ0n) is 26.3. The maximum absolute atomic E-state index is 4.64. The van der Waals surface area contributed by atoms with Crippen molar-refractivity contribution in [2.75, 3.05) is 0 Å². The molecule has 0 radical (unpaired) electrons. The summed E-state index contributed by atoms with van der Waals surface area (Å²) in [5.41, 5.74) is 11.9. The van der Waals surface area contributed by atoms with Gasteiger partial charge in [-0.2, -0.15) is 0 Å². The van der Waals surface area contributed by atoms with E-state index in [1.165, 1.54) is 71.3 Å². The zero-order chi connectivity index (χ0) is 31.9. The summed E-state index contributed by atoms with van der Waals surface area (Å²) in [6, 6.07) is 65.6. The van der Waals surface area contributed by atoms with Crippen LogP contribution in [0.2, 0.25) is 0 Å². The number of benzene rings is 8. The zero-order valence-corrected chi connectivity index (χ0v) is 26.3. The summed E-state index contributed by atoms with van der Waals surface area (Å²) in [5, 5.41) is 7.55. The van der Waals surface area contributed by atoms with Gasteiger partial charge >= 0.3 is 0 Å². The summed E-state index contributed by atoms with van der Waals surface area (Å²) in [6.07, 6.45) is 1.90. The highest BCUT2D eigenvalue weighted by atomic mass is 14.7. The van der Waals surface area contributed by atoms with Crippen LogP contribution in [0.1, 0.15) is 0 Å². The molecule has 48 heavy (non-hydrogen) atoms. The Balaban J connectivity index is 1.22. The lowest BCUT2D eigenvalue weighted by molar-refractivity contribution is 1.33. The Morgan fingerprint density at radius 3 is 1.33 bits per heavy atom. The van der Waals surface area contributed by atoms with Gasteiger partial charge < -0.3 is 0 Å². The standard InChI is InChI=1S/C47H31N/c1-3-13-33(14-4-1)37-27-28-44(39-18-8-7-17-38(37)39)47-42-21-11-9-19-40(42)46(41-20-10-12-22-43(41)47)35-25-23-32(24-26-35)36-29-30-48-45(31-36)34-15-5-2-6-16-34/h1-31H. The van der Waals surface area contributed by atoms with Crippen molar-refractivity contribution in [3.63, 3.8) is 0 Å². The van der Waals surface area contributed by atoms with E-state index in [9.17, 15) is 0 Å². The monoisotopic (exact) mass is 609 g/mol. The van der Waals surface area contributed by atoms with Gasteiger partial charge in [0.2, 0.25) is 0 Å². The van der Waals surface area contributed by atoms with E-state index in [0.717, 1.165) is 16.8 Å². The Labute approximate surface area is 280 Å². The molecule has 1 heteroatoms. The second-order valence-corrected chi connectivity index (χ2v) is 12.3. The van der Waals surface area contributed by atoms with E-state index in [1.807, 2.05) is 12.3 Å². The first-order chi connectivity index (χ1) is 23.8. The minimum Gasteiger partial charge on any atom is -0.256 e. The largest absolute Gasteiger partial charge is 0.256 e. The third kappa shape index (κ3) is 4.76. The topological polar surface area (TPSA) is 12.9 Å². The van der Waals surface area contributed by atoms with Gasteiger partial charge in [-0.25, -0.2) is 0 Å². The van der Waals surface area contributed by atoms with Crippen LogP contribution in [0.4, 0.5) is 0 Å². The van der Waals surface area contributed by atoms with E-state index in [0.29, 0.717) is 0 Å². The van der Waals surface area contributed by atoms with Gasteiger partial charge in [0.15, 0.2) is 0 Å². The first-order valence-electron chi connectivity index (χ1n) is 16.5. The molecule has 1 heterocycles. The Kier molecular flexibility index (Phi) is 6.87. The highest BCUT2D eigenvalue weighted by molar-refractivity contribution is 6.24. The average Bonchev–Trinajstić information content (AvgIpc) is 3.17. The molecule has 0 bridgehead atoms. The number of rotatable bonds is 5. The van der Waals surface area contributed by atoms with Crippen molar-refractivity contribution in [3.05, 3.63) is 188 Å². The number of aromatic nitrogens is 1. The third-order valence-electron chi connectivity index (χ3n) is 9.55. The van der Waals surface area contributed by atoms with E-state index in [-0.39, 0.29) is 0 Å². The van der Waals surface area contributed by atoms with Crippen molar-refractivity contribution >= 4 is 32.3 Å². The third-order valence-corrected chi connectivity index (χ3v) is 9.55. The number of fused-ring (bicyclic) bond motifs is 3. The predicted octanol–water partition coefficient (Wildman–Crippen LogP) is 12.9. The highest BCUT2D eigenvalue weighted by Gasteiger charge is 2.19. The van der Waals surface area contributed by atoms with Crippen molar-refractivity contribution in [2.24, 2.45) is 0 Å². The molecular formula is C47H31N. The normalized spacial score (nSPS) is 11.3. The van der Waals surface area contributed by atoms with Gasteiger partial charge in [-0.1, -0.05) is 170 Å². The fourth-order valence-electron chi connectivity index (χ4n) is 7.32. The van der Waals surface area contributed by atoms with Crippen molar-refractivity contribution < 1.29 is 0 Å². The lowest BCUT2D eigenvalue weighted by Gasteiger charge is -2.20. The van der Waals surface area contributed by atoms with Crippen LogP contribution in [0.15, 0.2) is 188 Å². The van der Waals surface area contributed by atoms with Gasteiger partial charge in [0.05, 0.1) is 5.69 Å². The fraction of sp³-hybridized carbons (Fsp3) is 0. The van der Waals surface area contributed by atoms with Crippen LogP contribution < -0.4 is 0 Å². The van der Waals surface area contributed by atoms with Crippen LogP contribution in [0.5, 0.6) is 0 Å². The van der Waals surface area contributed by atoms with Gasteiger partial charge in [-0.3, -0.25) is 4.98 Å². The van der Waals surface area contributed by atoms with Gasteiger partial charge in [0.25, 0.3) is 0 Å². The summed E-state index contributed by atoms with van der Waals surface area (Å²) in [6.45, 7) is 0. The van der Waals surface area contributed by atoms with Crippen molar-refractivity contribution in [1.82, 2.24) is 4.98 Å². The lowest BCUT2D eigenvalue weighted by atomic mass is 9.83. The molecule has 0 saturated heterocycles. The molecule has 9 rings (SSSR count). The van der Waals surface area contributed by atoms with Crippen molar-refractivity contribution in [2.45, 2.75) is 0 Å². The summed E-state index contributed by atoms with van der Waals surface area (Å²) in [4.78, 5) is 4.64. The molecule has 0 atom stereocenters. The van der Waals surface area contributed by atoms with Gasteiger partial charge in [0, 0.05) is 11.8 Å². The molecular weight excluding hydrogens is 579 g/mol. The quantitative estimate of drug-likeness (QED) is 0.177. The van der Waals surface area contributed by atoms with E-state index in [1.54, 1.807) is 0 Å². The second kappa shape index (κ2) is 11.8. The summed E-state index contributed by atoms with van der Waals surface area (Å²) < 4.78 is 0. The average molecular weight is 610 g/mol. The van der Waals surface area contributed by atoms with Crippen LogP contribution in [0, 0.1) is 0 Å². The Morgan fingerprint density at radius 1 is 0.271 bits per heavy atom. The molecule has 0 aliphatic carbocycles. The molecule has 0 saturated carbocycles. The van der Waals surface area contributed by atoms with Gasteiger partial charge in [-0.15, -0.1) is 0 Å². The van der Waals surface area contributed by atoms with Crippen molar-refractivity contribution in [1.29, 1.82) is 0 Å². The van der Waals surface area contributed by atoms with Crippen LogP contribution in [-0.4, -0.2) is 4.98 Å². The van der Waals surface area contributed by atoms with Crippen molar-refractivity contribution in [3.8, 4) is 55.8 Å². The molecule has 1 nitrogen and oxygen atoms in total. The SMILES string of the molecule is c1ccc(-c2cc(-c3ccc(-c4c5ccccc5c(-c5ccc(-c6ccccc6)c6ccccc56)c5ccccc45)cc3)ccn2)cc1. The van der Waals surface area contributed by atoms with Gasteiger partial charge in [-0.05, 0) is 89.0 Å². The van der Waals surface area contributed by atoms with E-state index >= 15 is 0 Å². The second-order valence-electron chi connectivity index (χ2n) is 12.3. The van der Waals surface area contributed by atoms with E-state index in [2.05, 4.69) is 181 Å². The maximum atomic E-state index is 4.64. The smallest absolute Gasteiger partial charge is 0.0708 e. The summed E-state index contributed by atoms with van der Waals surface area (Å²) in [7, 11) is 0. The molecule has 0 N–H and O–H groups in total. The predicted molar refractivity (Wildman–Crippen MR) is 204 cm³/mol. The van der Waals surface area contributed by atoms with Crippen LogP contribution in [0.3, 0.4) is 0 Å². The molecule has 1 aromatic heterocycles. The fourth-order valence-corrected chi connectivity index (χ4v) is 7.32.